The molecule has 0 heterocycles. The Labute approximate surface area is 126 Å². The molecule has 0 aliphatic carbocycles. The van der Waals surface area contributed by atoms with Crippen LogP contribution < -0.4 is 15.4 Å². The van der Waals surface area contributed by atoms with Gasteiger partial charge < -0.3 is 20.5 Å². The standard InChI is InChI=1S/C16H26N2O3/c1-5-6-9-21-14-10-12(11-19)7-8-13(14)17-15(20)18-16(2,3)4/h7-8,10,19H,5-6,9,11H2,1-4H3,(H2,17,18,20). The maximum Gasteiger partial charge on any atom is 0.319 e. The fourth-order valence-corrected chi connectivity index (χ4v) is 1.71. The summed E-state index contributed by atoms with van der Waals surface area (Å²) in [6.45, 7) is 8.36. The van der Waals surface area contributed by atoms with Gasteiger partial charge in [0.15, 0.2) is 0 Å². The first-order valence-corrected chi connectivity index (χ1v) is 7.31. The van der Waals surface area contributed by atoms with E-state index in [-0.39, 0.29) is 18.2 Å². The normalized spacial score (nSPS) is 11.1. The molecule has 0 aliphatic heterocycles. The first kappa shape index (κ1) is 17.3. The number of ether oxygens (including phenoxy) is 1. The van der Waals surface area contributed by atoms with E-state index >= 15 is 0 Å². The minimum Gasteiger partial charge on any atom is -0.491 e. The second kappa shape index (κ2) is 7.88. The molecule has 0 aromatic heterocycles. The third kappa shape index (κ3) is 6.49. The maximum absolute atomic E-state index is 11.9. The van der Waals surface area contributed by atoms with Crippen molar-refractivity contribution in [1.29, 1.82) is 0 Å². The number of unbranched alkanes of at least 4 members (excludes halogenated alkanes) is 1. The fourth-order valence-electron chi connectivity index (χ4n) is 1.71. The van der Waals surface area contributed by atoms with Crippen LogP contribution in [0.2, 0.25) is 0 Å². The lowest BCUT2D eigenvalue weighted by atomic mass is 10.1. The zero-order chi connectivity index (χ0) is 15.9. The van der Waals surface area contributed by atoms with E-state index in [1.807, 2.05) is 20.8 Å². The Kier molecular flexibility index (Phi) is 6.49. The van der Waals surface area contributed by atoms with Gasteiger partial charge in [0.05, 0.1) is 18.9 Å². The number of rotatable bonds is 6. The Hall–Kier alpha value is -1.75. The highest BCUT2D eigenvalue weighted by atomic mass is 16.5. The lowest BCUT2D eigenvalue weighted by molar-refractivity contribution is 0.243. The summed E-state index contributed by atoms with van der Waals surface area (Å²) < 4.78 is 5.70. The van der Waals surface area contributed by atoms with E-state index in [1.54, 1.807) is 18.2 Å². The summed E-state index contributed by atoms with van der Waals surface area (Å²) in [6.07, 6.45) is 1.98. The van der Waals surface area contributed by atoms with E-state index in [0.717, 1.165) is 18.4 Å². The van der Waals surface area contributed by atoms with Crippen LogP contribution in [0.1, 0.15) is 46.1 Å². The number of carbonyl (C=O) groups is 1. The summed E-state index contributed by atoms with van der Waals surface area (Å²) in [4.78, 5) is 11.9. The topological polar surface area (TPSA) is 70.6 Å². The number of aliphatic hydroxyl groups is 1. The van der Waals surface area contributed by atoms with Crippen molar-refractivity contribution in [2.24, 2.45) is 0 Å². The number of aliphatic hydroxyl groups excluding tert-OH is 1. The molecule has 5 heteroatoms. The number of amides is 2. The largest absolute Gasteiger partial charge is 0.491 e. The van der Waals surface area contributed by atoms with Gasteiger partial charge in [-0.05, 0) is 44.9 Å². The number of carbonyl (C=O) groups excluding carboxylic acids is 1. The summed E-state index contributed by atoms with van der Waals surface area (Å²) in [5.74, 6) is 0.582. The molecule has 0 radical (unpaired) electrons. The van der Waals surface area contributed by atoms with Gasteiger partial charge in [-0.1, -0.05) is 19.4 Å². The number of nitrogens with one attached hydrogen (secondary N) is 2. The second-order valence-electron chi connectivity index (χ2n) is 6.02. The summed E-state index contributed by atoms with van der Waals surface area (Å²) >= 11 is 0. The summed E-state index contributed by atoms with van der Waals surface area (Å²) in [5.41, 5.74) is 1.05. The zero-order valence-electron chi connectivity index (χ0n) is 13.3. The van der Waals surface area contributed by atoms with Crippen molar-refractivity contribution in [3.05, 3.63) is 23.8 Å². The molecule has 0 saturated heterocycles. The molecular formula is C16H26N2O3. The minimum atomic E-state index is -0.307. The molecule has 2 amide bonds. The van der Waals surface area contributed by atoms with Crippen LogP contribution in [0.5, 0.6) is 5.75 Å². The van der Waals surface area contributed by atoms with Crippen molar-refractivity contribution in [3.63, 3.8) is 0 Å². The molecule has 0 bridgehead atoms. The van der Waals surface area contributed by atoms with E-state index in [9.17, 15) is 9.90 Å². The highest BCUT2D eigenvalue weighted by Crippen LogP contribution is 2.26. The van der Waals surface area contributed by atoms with Crippen molar-refractivity contribution >= 4 is 11.7 Å². The SMILES string of the molecule is CCCCOc1cc(CO)ccc1NC(=O)NC(C)(C)C. The molecule has 0 saturated carbocycles. The van der Waals surface area contributed by atoms with Crippen molar-refractivity contribution in [3.8, 4) is 5.75 Å². The summed E-state index contributed by atoms with van der Waals surface area (Å²) in [7, 11) is 0. The molecule has 118 valence electrons. The van der Waals surface area contributed by atoms with Gasteiger partial charge in [-0.15, -0.1) is 0 Å². The Bertz CT molecular complexity index is 467. The number of benzene rings is 1. The van der Waals surface area contributed by atoms with Crippen LogP contribution in [0.15, 0.2) is 18.2 Å². The first-order valence-electron chi connectivity index (χ1n) is 7.31. The van der Waals surface area contributed by atoms with E-state index < -0.39 is 0 Å². The van der Waals surface area contributed by atoms with Crippen LogP contribution in [0.25, 0.3) is 0 Å². The molecule has 0 aliphatic rings. The molecule has 0 spiro atoms. The summed E-state index contributed by atoms with van der Waals surface area (Å²) in [6, 6.07) is 4.98. The van der Waals surface area contributed by atoms with Crippen LogP contribution in [0.3, 0.4) is 0 Å². The number of urea groups is 1. The van der Waals surface area contributed by atoms with Crippen molar-refractivity contribution < 1.29 is 14.6 Å². The fraction of sp³-hybridized carbons (Fsp3) is 0.562. The van der Waals surface area contributed by atoms with Gasteiger partial charge in [0, 0.05) is 5.54 Å². The summed E-state index contributed by atoms with van der Waals surface area (Å²) in [5, 5.41) is 14.8. The van der Waals surface area contributed by atoms with Gasteiger partial charge in [-0.25, -0.2) is 4.79 Å². The Morgan fingerprint density at radius 1 is 1.33 bits per heavy atom. The zero-order valence-corrected chi connectivity index (χ0v) is 13.3. The molecule has 1 aromatic carbocycles. The lowest BCUT2D eigenvalue weighted by Gasteiger charge is -2.21. The average Bonchev–Trinajstić information content (AvgIpc) is 2.38. The molecule has 0 fully saturated rings. The molecule has 0 atom stereocenters. The van der Waals surface area contributed by atoms with Crippen molar-refractivity contribution in [1.82, 2.24) is 5.32 Å². The highest BCUT2D eigenvalue weighted by molar-refractivity contribution is 5.91. The van der Waals surface area contributed by atoms with Crippen LogP contribution >= 0.6 is 0 Å². The lowest BCUT2D eigenvalue weighted by Crippen LogP contribution is -2.43. The third-order valence-electron chi connectivity index (χ3n) is 2.72. The van der Waals surface area contributed by atoms with Gasteiger partial charge >= 0.3 is 6.03 Å². The van der Waals surface area contributed by atoms with E-state index in [1.165, 1.54) is 0 Å². The van der Waals surface area contributed by atoms with Gasteiger partial charge in [-0.3, -0.25) is 0 Å². The quantitative estimate of drug-likeness (QED) is 0.705. The predicted octanol–water partition coefficient (Wildman–Crippen LogP) is 3.28. The first-order chi connectivity index (χ1) is 9.85. The smallest absolute Gasteiger partial charge is 0.319 e. The molecule has 3 N–H and O–H groups in total. The molecule has 1 rings (SSSR count). The third-order valence-corrected chi connectivity index (χ3v) is 2.72. The number of hydrogen-bond acceptors (Lipinski definition) is 3. The van der Waals surface area contributed by atoms with Crippen LogP contribution in [0.4, 0.5) is 10.5 Å². The van der Waals surface area contributed by atoms with Gasteiger partial charge in [0.2, 0.25) is 0 Å². The number of anilines is 1. The van der Waals surface area contributed by atoms with Crippen LogP contribution in [0, 0.1) is 0 Å². The van der Waals surface area contributed by atoms with E-state index in [4.69, 9.17) is 4.74 Å². The molecule has 21 heavy (non-hydrogen) atoms. The molecule has 5 nitrogen and oxygen atoms in total. The van der Waals surface area contributed by atoms with E-state index in [0.29, 0.717) is 18.0 Å². The Morgan fingerprint density at radius 3 is 2.62 bits per heavy atom. The predicted molar refractivity (Wildman–Crippen MR) is 84.7 cm³/mol. The maximum atomic E-state index is 11.9. The average molecular weight is 294 g/mol. The Morgan fingerprint density at radius 2 is 2.05 bits per heavy atom. The second-order valence-corrected chi connectivity index (χ2v) is 6.02. The van der Waals surface area contributed by atoms with Crippen LogP contribution in [-0.2, 0) is 6.61 Å². The van der Waals surface area contributed by atoms with Gasteiger partial charge in [0.1, 0.15) is 5.75 Å². The van der Waals surface area contributed by atoms with Gasteiger partial charge in [0.25, 0.3) is 0 Å². The highest BCUT2D eigenvalue weighted by Gasteiger charge is 2.15. The minimum absolute atomic E-state index is 0.0569. The van der Waals surface area contributed by atoms with E-state index in [2.05, 4.69) is 17.6 Å². The molecular weight excluding hydrogens is 268 g/mol. The number of hydrogen-bond donors (Lipinski definition) is 3. The monoisotopic (exact) mass is 294 g/mol. The van der Waals surface area contributed by atoms with Crippen LogP contribution in [-0.4, -0.2) is 23.3 Å². The molecule has 0 unspecified atom stereocenters. The van der Waals surface area contributed by atoms with Crippen molar-refractivity contribution in [2.45, 2.75) is 52.7 Å². The van der Waals surface area contributed by atoms with Gasteiger partial charge in [-0.2, -0.15) is 0 Å². The van der Waals surface area contributed by atoms with Crippen molar-refractivity contribution in [2.75, 3.05) is 11.9 Å². The molecule has 1 aromatic rings. The Balaban J connectivity index is 2.81.